The van der Waals surface area contributed by atoms with Crippen LogP contribution in [0.4, 0.5) is 23.5 Å². The number of hydrogen-bond donors (Lipinski definition) is 4. The molecular weight excluding hydrogens is 641 g/mol. The molecule has 0 atom stereocenters. The topological polar surface area (TPSA) is 143 Å². The fourth-order valence-electron chi connectivity index (χ4n) is 6.27. The van der Waals surface area contributed by atoms with Gasteiger partial charge in [-0.25, -0.2) is 13.1 Å². The van der Waals surface area contributed by atoms with E-state index in [-0.39, 0.29) is 0 Å². The van der Waals surface area contributed by atoms with Crippen LogP contribution in [-0.2, 0) is 16.6 Å². The third kappa shape index (κ3) is 9.63. The molecule has 1 aromatic heterocycles. The Kier molecular flexibility index (Phi) is 12.7. The summed E-state index contributed by atoms with van der Waals surface area (Å²) in [7, 11) is 3.52. The predicted octanol–water partition coefficient (Wildman–Crippen LogP) is 6.42. The maximum atomic E-state index is 13.2. The summed E-state index contributed by atoms with van der Waals surface area (Å²) in [5, 5.41) is 11.9. The van der Waals surface area contributed by atoms with Crippen molar-refractivity contribution < 1.29 is 17.9 Å². The molecule has 12 nitrogen and oxygen atoms in total. The first-order valence-corrected chi connectivity index (χ1v) is 18.7. The maximum absolute atomic E-state index is 13.2. The molecule has 1 saturated carbocycles. The van der Waals surface area contributed by atoms with Gasteiger partial charge in [0.05, 0.1) is 19.1 Å². The van der Waals surface area contributed by atoms with Gasteiger partial charge in [0, 0.05) is 61.8 Å². The molecule has 3 aromatic carbocycles. The summed E-state index contributed by atoms with van der Waals surface area (Å²) < 4.78 is 40.3. The SMILES string of the molecule is COc1cccc(CNc2nc(NCCCCCCNS(=O)(=O)c3cccc4c(N(C)C)cccc34)nc(NC3CCCCC3)n2)c1OC. The number of ether oxygens (including phenoxy) is 2. The minimum atomic E-state index is -3.64. The second kappa shape index (κ2) is 17.3. The van der Waals surface area contributed by atoms with Gasteiger partial charge in [-0.1, -0.05) is 68.5 Å². The molecular formula is C36H50N8O4S. The molecule has 0 radical (unpaired) electrons. The average molecular weight is 691 g/mol. The van der Waals surface area contributed by atoms with Crippen molar-refractivity contribution in [1.82, 2.24) is 19.7 Å². The first-order chi connectivity index (χ1) is 23.8. The van der Waals surface area contributed by atoms with Gasteiger partial charge in [0.25, 0.3) is 0 Å². The van der Waals surface area contributed by atoms with E-state index in [1.807, 2.05) is 61.5 Å². The Bertz CT molecular complexity index is 1780. The second-order valence-corrected chi connectivity index (χ2v) is 14.3. The molecule has 4 N–H and O–H groups in total. The summed E-state index contributed by atoms with van der Waals surface area (Å²) in [5.74, 6) is 2.87. The Morgan fingerprint density at radius 1 is 0.755 bits per heavy atom. The maximum Gasteiger partial charge on any atom is 0.241 e. The highest BCUT2D eigenvalue weighted by molar-refractivity contribution is 7.89. The molecule has 0 aliphatic heterocycles. The van der Waals surface area contributed by atoms with Crippen LogP contribution in [0, 0.1) is 0 Å². The number of nitrogens with one attached hydrogen (secondary N) is 4. The molecule has 0 bridgehead atoms. The summed E-state index contributed by atoms with van der Waals surface area (Å²) in [6.07, 6.45) is 9.36. The number of anilines is 4. The van der Waals surface area contributed by atoms with Crippen LogP contribution in [0.3, 0.4) is 0 Å². The van der Waals surface area contributed by atoms with Crippen LogP contribution in [0.2, 0.25) is 0 Å². The first-order valence-electron chi connectivity index (χ1n) is 17.2. The molecule has 0 saturated heterocycles. The number of unbranched alkanes of at least 4 members (excludes halogenated alkanes) is 3. The summed E-state index contributed by atoms with van der Waals surface area (Å²) in [5.41, 5.74) is 1.91. The third-order valence-corrected chi connectivity index (χ3v) is 10.3. The molecule has 0 unspecified atom stereocenters. The lowest BCUT2D eigenvalue weighted by Crippen LogP contribution is -2.25. The van der Waals surface area contributed by atoms with Crippen LogP contribution in [0.1, 0.15) is 63.4 Å². The van der Waals surface area contributed by atoms with Gasteiger partial charge in [-0.15, -0.1) is 0 Å². The fourth-order valence-corrected chi connectivity index (χ4v) is 7.57. The van der Waals surface area contributed by atoms with E-state index in [1.54, 1.807) is 26.4 Å². The van der Waals surface area contributed by atoms with Gasteiger partial charge in [0.15, 0.2) is 11.5 Å². The highest BCUT2D eigenvalue weighted by Gasteiger charge is 2.19. The lowest BCUT2D eigenvalue weighted by atomic mass is 9.96. The molecule has 1 aliphatic carbocycles. The van der Waals surface area contributed by atoms with Crippen molar-refractivity contribution in [3.05, 3.63) is 60.2 Å². The predicted molar refractivity (Wildman–Crippen MR) is 198 cm³/mol. The van der Waals surface area contributed by atoms with Gasteiger partial charge < -0.3 is 30.3 Å². The van der Waals surface area contributed by atoms with E-state index >= 15 is 0 Å². The largest absolute Gasteiger partial charge is 0.493 e. The van der Waals surface area contributed by atoms with Crippen molar-refractivity contribution >= 4 is 44.3 Å². The third-order valence-electron chi connectivity index (χ3n) is 8.80. The summed E-state index contributed by atoms with van der Waals surface area (Å²) in [6, 6.07) is 17.3. The van der Waals surface area contributed by atoms with E-state index in [0.29, 0.717) is 59.9 Å². The number of nitrogens with zero attached hydrogens (tertiary/aromatic N) is 4. The van der Waals surface area contributed by atoms with Crippen LogP contribution in [-0.4, -0.2) is 70.8 Å². The number of fused-ring (bicyclic) bond motifs is 1. The van der Waals surface area contributed by atoms with Crippen molar-refractivity contribution in [2.75, 3.05) is 62.3 Å². The Balaban J connectivity index is 1.12. The highest BCUT2D eigenvalue weighted by atomic mass is 32.2. The summed E-state index contributed by atoms with van der Waals surface area (Å²) in [6.45, 7) is 1.52. The minimum Gasteiger partial charge on any atom is -0.493 e. The smallest absolute Gasteiger partial charge is 0.241 e. The van der Waals surface area contributed by atoms with Gasteiger partial charge in [-0.3, -0.25) is 0 Å². The Morgan fingerprint density at radius 3 is 2.16 bits per heavy atom. The quantitative estimate of drug-likeness (QED) is 0.0860. The Hall–Kier alpha value is -4.36. The number of sulfonamides is 1. The molecule has 4 aromatic rings. The van der Waals surface area contributed by atoms with Gasteiger partial charge >= 0.3 is 0 Å². The van der Waals surface area contributed by atoms with Crippen molar-refractivity contribution in [2.24, 2.45) is 0 Å². The summed E-state index contributed by atoms with van der Waals surface area (Å²) >= 11 is 0. The fraction of sp³-hybridized carbons (Fsp3) is 0.472. The number of benzene rings is 3. The normalized spacial score (nSPS) is 13.6. The number of aromatic nitrogens is 3. The van der Waals surface area contributed by atoms with Crippen molar-refractivity contribution in [3.63, 3.8) is 0 Å². The summed E-state index contributed by atoms with van der Waals surface area (Å²) in [4.78, 5) is 16.3. The standard InChI is InChI=1S/C36H50N8O4S/c1-44(2)30-20-13-19-29-28(30)18-14-22-32(29)49(45,46)39-24-11-6-5-10-23-37-34-41-35(43-36(42-34)40-27-16-8-7-9-17-27)38-25-26-15-12-21-31(47-3)33(26)48-4/h12-15,18-22,27,39H,5-11,16-17,23-25H2,1-4H3,(H3,37,38,40,41,42,43). The zero-order valence-electron chi connectivity index (χ0n) is 29.1. The zero-order valence-corrected chi connectivity index (χ0v) is 29.9. The molecule has 49 heavy (non-hydrogen) atoms. The molecule has 1 aliphatic rings. The van der Waals surface area contributed by atoms with Crippen LogP contribution in [0.15, 0.2) is 59.5 Å². The van der Waals surface area contributed by atoms with Gasteiger partial charge in [-0.2, -0.15) is 15.0 Å². The van der Waals surface area contributed by atoms with Gasteiger partial charge in [0.2, 0.25) is 27.9 Å². The lowest BCUT2D eigenvalue weighted by Gasteiger charge is -2.23. The van der Waals surface area contributed by atoms with E-state index < -0.39 is 10.0 Å². The molecule has 5 rings (SSSR count). The average Bonchev–Trinajstić information content (AvgIpc) is 3.11. The highest BCUT2D eigenvalue weighted by Crippen LogP contribution is 2.32. The van der Waals surface area contributed by atoms with E-state index in [9.17, 15) is 8.42 Å². The van der Waals surface area contributed by atoms with Gasteiger partial charge in [0.1, 0.15) is 0 Å². The van der Waals surface area contributed by atoms with Crippen molar-refractivity contribution in [3.8, 4) is 11.5 Å². The lowest BCUT2D eigenvalue weighted by molar-refractivity contribution is 0.352. The number of para-hydroxylation sites is 1. The van der Waals surface area contributed by atoms with E-state index in [2.05, 4.69) is 35.6 Å². The Labute approximate surface area is 290 Å². The van der Waals surface area contributed by atoms with E-state index in [1.165, 1.54) is 19.3 Å². The number of rotatable bonds is 18. The molecule has 1 fully saturated rings. The van der Waals surface area contributed by atoms with Crippen LogP contribution < -0.4 is 35.0 Å². The molecule has 13 heteroatoms. The first kappa shape index (κ1) is 35.9. The van der Waals surface area contributed by atoms with Crippen molar-refractivity contribution in [2.45, 2.75) is 75.3 Å². The Morgan fingerprint density at radius 2 is 1.43 bits per heavy atom. The van der Waals surface area contributed by atoms with Crippen LogP contribution in [0.25, 0.3) is 10.8 Å². The molecule has 264 valence electrons. The number of hydrogen-bond acceptors (Lipinski definition) is 11. The monoisotopic (exact) mass is 690 g/mol. The van der Waals surface area contributed by atoms with E-state index in [4.69, 9.17) is 9.47 Å². The molecule has 0 spiro atoms. The second-order valence-electron chi connectivity index (χ2n) is 12.6. The molecule has 1 heterocycles. The van der Waals surface area contributed by atoms with Crippen molar-refractivity contribution in [1.29, 1.82) is 0 Å². The zero-order chi connectivity index (χ0) is 34.6. The van der Waals surface area contributed by atoms with E-state index in [0.717, 1.165) is 60.5 Å². The van der Waals surface area contributed by atoms with Gasteiger partial charge in [-0.05, 0) is 43.9 Å². The minimum absolute atomic E-state index is 0.309. The van der Waals surface area contributed by atoms with Crippen LogP contribution >= 0.6 is 0 Å². The number of methoxy groups -OCH3 is 2. The van der Waals surface area contributed by atoms with Crippen LogP contribution in [0.5, 0.6) is 11.5 Å². The molecule has 0 amide bonds.